The van der Waals surface area contributed by atoms with Crippen LogP contribution in [0.4, 0.5) is 0 Å². The lowest BCUT2D eigenvalue weighted by molar-refractivity contribution is -0.138. The van der Waals surface area contributed by atoms with E-state index in [9.17, 15) is 4.79 Å². The Hall–Kier alpha value is -1.49. The quantitative estimate of drug-likeness (QED) is 0.809. The van der Waals surface area contributed by atoms with Gasteiger partial charge in [-0.25, -0.2) is 9.97 Å². The summed E-state index contributed by atoms with van der Waals surface area (Å²) in [6.45, 7) is 4.49. The molecule has 1 aromatic heterocycles. The number of fused-ring (bicyclic) bond motifs is 1. The van der Waals surface area contributed by atoms with Crippen LogP contribution in [0.2, 0.25) is 0 Å². The molecule has 1 aliphatic heterocycles. The average molecular weight is 222 g/mol. The van der Waals surface area contributed by atoms with Crippen LogP contribution in [0.15, 0.2) is 0 Å². The molecule has 2 heterocycles. The van der Waals surface area contributed by atoms with Crippen LogP contribution in [-0.4, -0.2) is 27.7 Å². The number of aromatic nitrogens is 2. The largest absolute Gasteiger partial charge is 0.481 e. The molecule has 0 spiro atoms. The Balaban J connectivity index is 2.51. The highest BCUT2D eigenvalue weighted by atomic mass is 16.5. The normalized spacial score (nSPS) is 16.6. The Morgan fingerprint density at radius 2 is 2.25 bits per heavy atom. The van der Waals surface area contributed by atoms with Gasteiger partial charge in [0.25, 0.3) is 0 Å². The van der Waals surface area contributed by atoms with E-state index in [0.29, 0.717) is 24.7 Å². The smallest absolute Gasteiger partial charge is 0.312 e. The molecule has 16 heavy (non-hydrogen) atoms. The Morgan fingerprint density at radius 3 is 2.94 bits per heavy atom. The summed E-state index contributed by atoms with van der Waals surface area (Å²) in [5.74, 6) is -0.855. The first-order valence-electron chi connectivity index (χ1n) is 5.26. The summed E-state index contributed by atoms with van der Waals surface area (Å²) in [7, 11) is 0. The van der Waals surface area contributed by atoms with Crippen molar-refractivity contribution in [1.82, 2.24) is 9.97 Å². The lowest BCUT2D eigenvalue weighted by atomic mass is 9.99. The summed E-state index contributed by atoms with van der Waals surface area (Å²) in [4.78, 5) is 19.6. The zero-order chi connectivity index (χ0) is 11.7. The molecule has 0 aliphatic carbocycles. The van der Waals surface area contributed by atoms with Gasteiger partial charge in [0.1, 0.15) is 5.82 Å². The number of aliphatic carboxylic acids is 1. The summed E-state index contributed by atoms with van der Waals surface area (Å²) in [6.07, 6.45) is 0.734. The summed E-state index contributed by atoms with van der Waals surface area (Å²) in [5, 5.41) is 9.03. The number of carboxylic acid groups (broad SMARTS) is 1. The number of carboxylic acids is 1. The predicted molar refractivity (Wildman–Crippen MR) is 56.2 cm³/mol. The molecule has 0 bridgehead atoms. The van der Waals surface area contributed by atoms with Gasteiger partial charge < -0.3 is 9.84 Å². The molecule has 1 aliphatic rings. The van der Waals surface area contributed by atoms with E-state index in [1.165, 1.54) is 0 Å². The molecule has 1 unspecified atom stereocenters. The minimum Gasteiger partial charge on any atom is -0.481 e. The number of aryl methyl sites for hydroxylation is 1. The van der Waals surface area contributed by atoms with E-state index in [-0.39, 0.29) is 0 Å². The standard InChI is InChI=1S/C11H14N2O3/c1-6(11(14)15)10-8-5-16-4-3-9(8)12-7(2)13-10/h6H,3-5H2,1-2H3,(H,14,15). The van der Waals surface area contributed by atoms with Crippen LogP contribution >= 0.6 is 0 Å². The molecule has 0 amide bonds. The number of ether oxygens (including phenoxy) is 1. The summed E-state index contributed by atoms with van der Waals surface area (Å²) >= 11 is 0. The fourth-order valence-electron chi connectivity index (χ4n) is 1.86. The maximum absolute atomic E-state index is 11.0. The molecular formula is C11H14N2O3. The van der Waals surface area contributed by atoms with Crippen LogP contribution in [0.1, 0.15) is 35.6 Å². The van der Waals surface area contributed by atoms with Gasteiger partial charge in [0.05, 0.1) is 30.5 Å². The maximum atomic E-state index is 11.0. The first-order valence-corrected chi connectivity index (χ1v) is 5.26. The van der Waals surface area contributed by atoms with Crippen molar-refractivity contribution in [2.45, 2.75) is 32.8 Å². The molecule has 0 radical (unpaired) electrons. The molecule has 1 atom stereocenters. The maximum Gasteiger partial charge on any atom is 0.312 e. The van der Waals surface area contributed by atoms with Crippen molar-refractivity contribution in [3.05, 3.63) is 22.8 Å². The van der Waals surface area contributed by atoms with Crippen molar-refractivity contribution in [3.8, 4) is 0 Å². The second-order valence-corrected chi connectivity index (χ2v) is 3.94. The topological polar surface area (TPSA) is 72.3 Å². The lowest BCUT2D eigenvalue weighted by Gasteiger charge is -2.20. The van der Waals surface area contributed by atoms with Crippen LogP contribution in [-0.2, 0) is 22.6 Å². The zero-order valence-electron chi connectivity index (χ0n) is 9.36. The van der Waals surface area contributed by atoms with E-state index in [0.717, 1.165) is 17.7 Å². The molecule has 0 saturated carbocycles. The van der Waals surface area contributed by atoms with Crippen LogP contribution in [0.5, 0.6) is 0 Å². The van der Waals surface area contributed by atoms with E-state index in [1.54, 1.807) is 13.8 Å². The van der Waals surface area contributed by atoms with E-state index >= 15 is 0 Å². The van der Waals surface area contributed by atoms with Crippen molar-refractivity contribution >= 4 is 5.97 Å². The van der Waals surface area contributed by atoms with E-state index in [4.69, 9.17) is 9.84 Å². The van der Waals surface area contributed by atoms with Crippen molar-refractivity contribution in [2.24, 2.45) is 0 Å². The van der Waals surface area contributed by atoms with Crippen LogP contribution in [0, 0.1) is 6.92 Å². The number of rotatable bonds is 2. The van der Waals surface area contributed by atoms with Gasteiger partial charge in [-0.15, -0.1) is 0 Å². The van der Waals surface area contributed by atoms with Crippen molar-refractivity contribution in [3.63, 3.8) is 0 Å². The van der Waals surface area contributed by atoms with E-state index in [2.05, 4.69) is 9.97 Å². The fraction of sp³-hybridized carbons (Fsp3) is 0.545. The first kappa shape index (κ1) is 11.0. The highest BCUT2D eigenvalue weighted by Crippen LogP contribution is 2.24. The lowest BCUT2D eigenvalue weighted by Crippen LogP contribution is -2.20. The van der Waals surface area contributed by atoms with Crippen LogP contribution in [0.3, 0.4) is 0 Å². The SMILES string of the molecule is Cc1nc2c(c(C(C)C(=O)O)n1)COCC2. The van der Waals surface area contributed by atoms with Gasteiger partial charge in [0.15, 0.2) is 0 Å². The zero-order valence-corrected chi connectivity index (χ0v) is 9.36. The van der Waals surface area contributed by atoms with Gasteiger partial charge in [0, 0.05) is 12.0 Å². The van der Waals surface area contributed by atoms with Gasteiger partial charge in [-0.2, -0.15) is 0 Å². The molecule has 1 N–H and O–H groups in total. The van der Waals surface area contributed by atoms with E-state index < -0.39 is 11.9 Å². The third kappa shape index (κ3) is 1.90. The summed E-state index contributed by atoms with van der Waals surface area (Å²) in [6, 6.07) is 0. The van der Waals surface area contributed by atoms with Crippen molar-refractivity contribution in [2.75, 3.05) is 6.61 Å². The molecule has 0 aromatic carbocycles. The van der Waals surface area contributed by atoms with E-state index in [1.807, 2.05) is 0 Å². The van der Waals surface area contributed by atoms with Gasteiger partial charge in [0.2, 0.25) is 0 Å². The molecule has 5 heteroatoms. The second kappa shape index (κ2) is 4.17. The van der Waals surface area contributed by atoms with Gasteiger partial charge in [-0.1, -0.05) is 0 Å². The van der Waals surface area contributed by atoms with Crippen LogP contribution in [0.25, 0.3) is 0 Å². The van der Waals surface area contributed by atoms with Gasteiger partial charge in [-0.3, -0.25) is 4.79 Å². The number of nitrogens with zero attached hydrogens (tertiary/aromatic N) is 2. The highest BCUT2D eigenvalue weighted by molar-refractivity contribution is 5.75. The number of hydrogen-bond donors (Lipinski definition) is 1. The summed E-state index contributed by atoms with van der Waals surface area (Å²) in [5.41, 5.74) is 2.38. The molecule has 1 aromatic rings. The Bertz CT molecular complexity index is 431. The first-order chi connectivity index (χ1) is 7.59. The minimum atomic E-state index is -0.870. The number of carbonyl (C=O) groups is 1. The van der Waals surface area contributed by atoms with Gasteiger partial charge >= 0.3 is 5.97 Å². The molecular weight excluding hydrogens is 208 g/mol. The second-order valence-electron chi connectivity index (χ2n) is 3.94. The third-order valence-corrected chi connectivity index (χ3v) is 2.75. The average Bonchev–Trinajstić information content (AvgIpc) is 2.26. The third-order valence-electron chi connectivity index (χ3n) is 2.75. The van der Waals surface area contributed by atoms with Crippen molar-refractivity contribution < 1.29 is 14.6 Å². The number of hydrogen-bond acceptors (Lipinski definition) is 4. The molecule has 86 valence electrons. The monoisotopic (exact) mass is 222 g/mol. The predicted octanol–water partition coefficient (Wildman–Crippen LogP) is 1.05. The fourth-order valence-corrected chi connectivity index (χ4v) is 1.86. The Kier molecular flexibility index (Phi) is 2.87. The highest BCUT2D eigenvalue weighted by Gasteiger charge is 2.24. The molecule has 0 saturated heterocycles. The Labute approximate surface area is 93.5 Å². The van der Waals surface area contributed by atoms with Crippen molar-refractivity contribution in [1.29, 1.82) is 0 Å². The van der Waals surface area contributed by atoms with Gasteiger partial charge in [-0.05, 0) is 13.8 Å². The minimum absolute atomic E-state index is 0.419. The molecule has 5 nitrogen and oxygen atoms in total. The Morgan fingerprint density at radius 1 is 1.50 bits per heavy atom. The summed E-state index contributed by atoms with van der Waals surface area (Å²) < 4.78 is 5.33. The van der Waals surface area contributed by atoms with Crippen LogP contribution < -0.4 is 0 Å². The molecule has 2 rings (SSSR count). The molecule has 0 fully saturated rings.